The van der Waals surface area contributed by atoms with Gasteiger partial charge >= 0.3 is 0 Å². The third-order valence-corrected chi connectivity index (χ3v) is 2.75. The first-order valence-electron chi connectivity index (χ1n) is 4.13. The monoisotopic (exact) mass is 196 g/mol. The summed E-state index contributed by atoms with van der Waals surface area (Å²) in [5.74, 6) is 0.122. The lowest BCUT2D eigenvalue weighted by Gasteiger charge is -2.09. The van der Waals surface area contributed by atoms with Crippen molar-refractivity contribution in [1.82, 2.24) is 0 Å². The van der Waals surface area contributed by atoms with Crippen molar-refractivity contribution in [3.63, 3.8) is 0 Å². The van der Waals surface area contributed by atoms with Crippen LogP contribution in [0.15, 0.2) is 18.2 Å². The first-order chi connectivity index (χ1) is 6.18. The van der Waals surface area contributed by atoms with E-state index in [0.717, 1.165) is 19.1 Å². The van der Waals surface area contributed by atoms with Crippen LogP contribution >= 0.6 is 11.6 Å². The standard InChI is InChI=1S/C10H9ClO2/c11-7-1-2-8(9(13)5-7)10(6-12)3-4-10/h1-2,5-6,13H,3-4H2. The highest BCUT2D eigenvalue weighted by atomic mass is 35.5. The summed E-state index contributed by atoms with van der Waals surface area (Å²) >= 11 is 5.68. The van der Waals surface area contributed by atoms with Gasteiger partial charge in [0.1, 0.15) is 12.0 Å². The zero-order valence-electron chi connectivity index (χ0n) is 6.96. The van der Waals surface area contributed by atoms with Gasteiger partial charge in [0, 0.05) is 10.6 Å². The lowest BCUT2D eigenvalue weighted by molar-refractivity contribution is -0.109. The Hall–Kier alpha value is -1.02. The number of phenols is 1. The van der Waals surface area contributed by atoms with Gasteiger partial charge in [-0.1, -0.05) is 17.7 Å². The molecule has 0 spiro atoms. The zero-order chi connectivity index (χ0) is 9.47. The molecule has 0 saturated heterocycles. The lowest BCUT2D eigenvalue weighted by Crippen LogP contribution is -2.07. The van der Waals surface area contributed by atoms with Gasteiger partial charge in [0.15, 0.2) is 0 Å². The normalized spacial score (nSPS) is 18.2. The molecular weight excluding hydrogens is 188 g/mol. The van der Waals surface area contributed by atoms with Gasteiger partial charge in [-0.2, -0.15) is 0 Å². The highest BCUT2D eigenvalue weighted by Crippen LogP contribution is 2.49. The second-order valence-electron chi connectivity index (χ2n) is 3.44. The van der Waals surface area contributed by atoms with Gasteiger partial charge < -0.3 is 9.90 Å². The number of hydrogen-bond acceptors (Lipinski definition) is 2. The molecule has 1 aromatic rings. The molecule has 2 rings (SSSR count). The van der Waals surface area contributed by atoms with Crippen molar-refractivity contribution in [3.8, 4) is 5.75 Å². The number of halogens is 1. The lowest BCUT2D eigenvalue weighted by atomic mass is 9.97. The third kappa shape index (κ3) is 1.31. The molecule has 0 amide bonds. The maximum Gasteiger partial charge on any atom is 0.130 e. The van der Waals surface area contributed by atoms with E-state index in [1.54, 1.807) is 12.1 Å². The molecule has 13 heavy (non-hydrogen) atoms. The van der Waals surface area contributed by atoms with Crippen molar-refractivity contribution in [2.45, 2.75) is 18.3 Å². The van der Waals surface area contributed by atoms with Crippen LogP contribution in [-0.4, -0.2) is 11.4 Å². The van der Waals surface area contributed by atoms with E-state index in [1.165, 1.54) is 6.07 Å². The molecule has 1 aromatic carbocycles. The first-order valence-corrected chi connectivity index (χ1v) is 4.51. The number of phenolic OH excluding ortho intramolecular Hbond substituents is 1. The fraction of sp³-hybridized carbons (Fsp3) is 0.300. The Morgan fingerprint density at radius 2 is 2.15 bits per heavy atom. The molecule has 2 nitrogen and oxygen atoms in total. The third-order valence-electron chi connectivity index (χ3n) is 2.51. The molecule has 0 heterocycles. The second-order valence-corrected chi connectivity index (χ2v) is 3.87. The van der Waals surface area contributed by atoms with E-state index < -0.39 is 5.41 Å². The summed E-state index contributed by atoms with van der Waals surface area (Å²) in [5, 5.41) is 10.0. The molecule has 1 saturated carbocycles. The summed E-state index contributed by atoms with van der Waals surface area (Å²) in [7, 11) is 0. The summed E-state index contributed by atoms with van der Waals surface area (Å²) in [6.07, 6.45) is 2.56. The van der Waals surface area contributed by atoms with Crippen molar-refractivity contribution in [2.24, 2.45) is 0 Å². The first kappa shape index (κ1) is 8.57. The van der Waals surface area contributed by atoms with E-state index in [-0.39, 0.29) is 5.75 Å². The number of aldehydes is 1. The Kier molecular flexibility index (Phi) is 1.81. The quantitative estimate of drug-likeness (QED) is 0.737. The number of carbonyl (C=O) groups excluding carboxylic acids is 1. The Balaban J connectivity index is 2.47. The van der Waals surface area contributed by atoms with Crippen molar-refractivity contribution in [2.75, 3.05) is 0 Å². The van der Waals surface area contributed by atoms with Crippen LogP contribution < -0.4 is 0 Å². The average Bonchev–Trinajstić information content (AvgIpc) is 2.85. The van der Waals surface area contributed by atoms with E-state index in [0.29, 0.717) is 10.6 Å². The van der Waals surface area contributed by atoms with Crippen molar-refractivity contribution in [3.05, 3.63) is 28.8 Å². The summed E-state index contributed by atoms with van der Waals surface area (Å²) in [5.41, 5.74) is 0.279. The van der Waals surface area contributed by atoms with E-state index in [9.17, 15) is 9.90 Å². The molecule has 0 unspecified atom stereocenters. The average molecular weight is 197 g/mol. The number of carbonyl (C=O) groups is 1. The summed E-state index contributed by atoms with van der Waals surface area (Å²) in [6, 6.07) is 4.89. The van der Waals surface area contributed by atoms with Crippen LogP contribution in [0.2, 0.25) is 5.02 Å². The smallest absolute Gasteiger partial charge is 0.130 e. The molecule has 1 N–H and O–H groups in total. The predicted octanol–water partition coefficient (Wildman–Crippen LogP) is 2.28. The highest BCUT2D eigenvalue weighted by Gasteiger charge is 2.45. The number of hydrogen-bond donors (Lipinski definition) is 1. The molecule has 1 aliphatic carbocycles. The van der Waals surface area contributed by atoms with Gasteiger partial charge in [-0.05, 0) is 25.0 Å². The minimum atomic E-state index is -0.422. The minimum Gasteiger partial charge on any atom is -0.508 e. The van der Waals surface area contributed by atoms with Gasteiger partial charge in [-0.15, -0.1) is 0 Å². The number of rotatable bonds is 2. The van der Waals surface area contributed by atoms with E-state index >= 15 is 0 Å². The maximum atomic E-state index is 10.8. The Labute approximate surface area is 81.1 Å². The summed E-state index contributed by atoms with van der Waals surface area (Å²) in [6.45, 7) is 0. The molecule has 0 aromatic heterocycles. The van der Waals surface area contributed by atoms with Crippen LogP contribution in [0.5, 0.6) is 5.75 Å². The van der Waals surface area contributed by atoms with E-state index in [4.69, 9.17) is 11.6 Å². The van der Waals surface area contributed by atoms with Crippen LogP contribution in [0.1, 0.15) is 18.4 Å². The van der Waals surface area contributed by atoms with Crippen LogP contribution in [0.25, 0.3) is 0 Å². The van der Waals surface area contributed by atoms with E-state index in [1.807, 2.05) is 0 Å². The molecule has 1 fully saturated rings. The highest BCUT2D eigenvalue weighted by molar-refractivity contribution is 6.30. The molecule has 0 atom stereocenters. The van der Waals surface area contributed by atoms with Crippen molar-refractivity contribution < 1.29 is 9.90 Å². The van der Waals surface area contributed by atoms with Gasteiger partial charge in [0.05, 0.1) is 5.41 Å². The molecule has 0 bridgehead atoms. The van der Waals surface area contributed by atoms with Gasteiger partial charge in [0.2, 0.25) is 0 Å². The van der Waals surface area contributed by atoms with Crippen molar-refractivity contribution >= 4 is 17.9 Å². The molecule has 0 radical (unpaired) electrons. The fourth-order valence-electron chi connectivity index (χ4n) is 1.51. The Bertz CT molecular complexity index is 356. The van der Waals surface area contributed by atoms with E-state index in [2.05, 4.69) is 0 Å². The largest absolute Gasteiger partial charge is 0.508 e. The van der Waals surface area contributed by atoms with Gasteiger partial charge in [-0.3, -0.25) is 0 Å². The van der Waals surface area contributed by atoms with Gasteiger partial charge in [0.25, 0.3) is 0 Å². The Morgan fingerprint density at radius 1 is 1.46 bits per heavy atom. The Morgan fingerprint density at radius 3 is 2.62 bits per heavy atom. The molecule has 68 valence electrons. The fourth-order valence-corrected chi connectivity index (χ4v) is 1.68. The SMILES string of the molecule is O=CC1(c2ccc(Cl)cc2O)CC1. The number of aromatic hydroxyl groups is 1. The summed E-state index contributed by atoms with van der Waals surface area (Å²) in [4.78, 5) is 10.8. The molecular formula is C10H9ClO2. The zero-order valence-corrected chi connectivity index (χ0v) is 7.71. The van der Waals surface area contributed by atoms with Gasteiger partial charge in [-0.25, -0.2) is 0 Å². The van der Waals surface area contributed by atoms with Crippen LogP contribution in [-0.2, 0) is 10.2 Å². The predicted molar refractivity (Wildman–Crippen MR) is 50.1 cm³/mol. The topological polar surface area (TPSA) is 37.3 Å². The van der Waals surface area contributed by atoms with Crippen LogP contribution in [0.4, 0.5) is 0 Å². The van der Waals surface area contributed by atoms with Crippen LogP contribution in [0.3, 0.4) is 0 Å². The summed E-state index contributed by atoms with van der Waals surface area (Å²) < 4.78 is 0. The van der Waals surface area contributed by atoms with Crippen molar-refractivity contribution in [1.29, 1.82) is 0 Å². The molecule has 1 aliphatic rings. The molecule has 3 heteroatoms. The maximum absolute atomic E-state index is 10.8. The minimum absolute atomic E-state index is 0.122. The van der Waals surface area contributed by atoms with Crippen LogP contribution in [0, 0.1) is 0 Å². The molecule has 0 aliphatic heterocycles. The second kappa shape index (κ2) is 2.74. The number of benzene rings is 1.